The molecular weight excluding hydrogens is 741 g/mol. The van der Waals surface area contributed by atoms with Gasteiger partial charge in [0.2, 0.25) is 11.8 Å². The van der Waals surface area contributed by atoms with Crippen LogP contribution in [0.5, 0.6) is 0 Å². The van der Waals surface area contributed by atoms with Crippen molar-refractivity contribution in [3.05, 3.63) is 71.7 Å². The number of amides is 4. The van der Waals surface area contributed by atoms with E-state index in [0.717, 1.165) is 66.1 Å². The molecule has 5 N–H and O–H groups in total. The van der Waals surface area contributed by atoms with Gasteiger partial charge in [0.15, 0.2) is 0 Å². The van der Waals surface area contributed by atoms with Crippen molar-refractivity contribution in [3.63, 3.8) is 0 Å². The Kier molecular flexibility index (Phi) is 9.83. The molecule has 4 amide bonds. The van der Waals surface area contributed by atoms with Crippen molar-refractivity contribution < 1.29 is 33.8 Å². The molecule has 3 aliphatic heterocycles. The maximum absolute atomic E-state index is 14.0. The Hall–Kier alpha value is -5.88. The molecule has 5 aliphatic rings. The molecule has 9 atom stereocenters. The van der Waals surface area contributed by atoms with Crippen molar-refractivity contribution in [2.75, 3.05) is 20.3 Å². The van der Waals surface area contributed by atoms with Crippen molar-refractivity contribution in [1.82, 2.24) is 40.4 Å². The topological polar surface area (TPSA) is 195 Å². The second-order valence-corrected chi connectivity index (χ2v) is 16.8. The fourth-order valence-corrected chi connectivity index (χ4v) is 9.44. The molecule has 4 aromatic rings. The molecule has 5 fully saturated rings. The second-order valence-electron chi connectivity index (χ2n) is 16.8. The number of carbonyl (C=O) groups is 4. The zero-order valence-electron chi connectivity index (χ0n) is 32.7. The highest BCUT2D eigenvalue weighted by Gasteiger charge is 2.57. The van der Waals surface area contributed by atoms with Gasteiger partial charge in [0.25, 0.3) is 0 Å². The predicted molar refractivity (Wildman–Crippen MR) is 211 cm³/mol. The number of piperidine rings is 2. The molecule has 15 heteroatoms. The summed E-state index contributed by atoms with van der Waals surface area (Å²) in [6.45, 7) is 4.80. The Labute approximate surface area is 335 Å². The molecule has 58 heavy (non-hydrogen) atoms. The number of aromatic nitrogens is 4. The van der Waals surface area contributed by atoms with E-state index in [1.165, 1.54) is 7.11 Å². The smallest absolute Gasteiger partial charge is 0.407 e. The first kappa shape index (κ1) is 37.7. The molecule has 0 spiro atoms. The van der Waals surface area contributed by atoms with Crippen LogP contribution >= 0.6 is 0 Å². The number of nitrogens with zero attached hydrogens (tertiary/aromatic N) is 4. The molecule has 2 aromatic carbocycles. The molecule has 15 nitrogen and oxygen atoms in total. The number of likely N-dealkylation sites (tertiary alicyclic amines) is 2. The molecule has 0 unspecified atom stereocenters. The number of carbonyl (C=O) groups excluding carboxylic acids is 3. The van der Waals surface area contributed by atoms with E-state index in [9.17, 15) is 24.3 Å². The summed E-state index contributed by atoms with van der Waals surface area (Å²) >= 11 is 0. The van der Waals surface area contributed by atoms with Gasteiger partial charge in [-0.2, -0.15) is 0 Å². The van der Waals surface area contributed by atoms with E-state index in [2.05, 4.69) is 38.5 Å². The number of hydrogen-bond acceptors (Lipinski definition) is 8. The molecule has 2 saturated carbocycles. The summed E-state index contributed by atoms with van der Waals surface area (Å²) in [5.74, 6) is 8.00. The number of nitrogens with one attached hydrogen (secondary N) is 4. The van der Waals surface area contributed by atoms with E-state index in [4.69, 9.17) is 19.4 Å². The highest BCUT2D eigenvalue weighted by Crippen LogP contribution is 2.54. The first-order valence-corrected chi connectivity index (χ1v) is 20.3. The number of benzene rings is 2. The van der Waals surface area contributed by atoms with E-state index >= 15 is 0 Å². The fraction of sp³-hybridized carbons (Fsp3) is 0.488. The van der Waals surface area contributed by atoms with Gasteiger partial charge >= 0.3 is 12.2 Å². The highest BCUT2D eigenvalue weighted by atomic mass is 16.5. The average Bonchev–Trinajstić information content (AvgIpc) is 3.82. The number of carboxylic acid groups (broad SMARTS) is 1. The minimum absolute atomic E-state index is 0.0985. The quantitative estimate of drug-likeness (QED) is 0.143. The van der Waals surface area contributed by atoms with Gasteiger partial charge in [0.05, 0.1) is 31.5 Å². The van der Waals surface area contributed by atoms with Gasteiger partial charge in [-0.15, -0.1) is 0 Å². The first-order valence-electron chi connectivity index (χ1n) is 20.3. The molecular formula is C43H48N8O7. The lowest BCUT2D eigenvalue weighted by Gasteiger charge is -2.35. The Balaban J connectivity index is 0.881. The number of fused-ring (bicyclic) bond motifs is 3. The van der Waals surface area contributed by atoms with E-state index in [1.54, 1.807) is 6.20 Å². The van der Waals surface area contributed by atoms with Crippen molar-refractivity contribution >= 4 is 34.8 Å². The van der Waals surface area contributed by atoms with Gasteiger partial charge in [-0.25, -0.2) is 19.6 Å². The van der Waals surface area contributed by atoms with Gasteiger partial charge < -0.3 is 45.0 Å². The molecule has 5 heterocycles. The normalized spacial score (nSPS) is 26.6. The summed E-state index contributed by atoms with van der Waals surface area (Å²) in [6.07, 6.45) is 6.83. The Bertz CT molecular complexity index is 2320. The SMILES string of the molecule is COC(=O)N[C@H](C(=O)N1[C@@H]2C[C@@H]2C[C@H]1c1nc(C#Cc2ccc3cc(-c4c[nH]c([C@@H]5C[C@H]6C[C@H]6N5C(=O)[C@@H](NC(=O)O)[C@@H]5CCCOC5)n4)ccc3c2)c[nH]1)C(C)C. The van der Waals surface area contributed by atoms with E-state index in [-0.39, 0.29) is 47.8 Å². The third kappa shape index (κ3) is 7.25. The number of hydrogen-bond donors (Lipinski definition) is 5. The lowest BCUT2D eigenvalue weighted by molar-refractivity contribution is -0.138. The van der Waals surface area contributed by atoms with E-state index in [0.29, 0.717) is 42.4 Å². The van der Waals surface area contributed by atoms with Crippen LogP contribution in [0.1, 0.15) is 87.4 Å². The Morgan fingerprint density at radius 1 is 0.879 bits per heavy atom. The number of aromatic amines is 2. The largest absolute Gasteiger partial charge is 0.465 e. The molecule has 2 aromatic heterocycles. The van der Waals surface area contributed by atoms with E-state index in [1.807, 2.05) is 60.2 Å². The van der Waals surface area contributed by atoms with Crippen molar-refractivity contribution in [2.45, 2.75) is 88.6 Å². The van der Waals surface area contributed by atoms with Crippen LogP contribution in [0.3, 0.4) is 0 Å². The van der Waals surface area contributed by atoms with Crippen molar-refractivity contribution in [2.24, 2.45) is 23.7 Å². The summed E-state index contributed by atoms with van der Waals surface area (Å²) in [7, 11) is 1.29. The van der Waals surface area contributed by atoms with Crippen LogP contribution in [-0.4, -0.2) is 103 Å². The Morgan fingerprint density at radius 3 is 2.26 bits per heavy atom. The number of ether oxygens (including phenoxy) is 2. The van der Waals surface area contributed by atoms with E-state index < -0.39 is 24.3 Å². The van der Waals surface area contributed by atoms with Gasteiger partial charge in [-0.05, 0) is 91.2 Å². The van der Waals surface area contributed by atoms with Crippen LogP contribution in [0.25, 0.3) is 22.0 Å². The maximum atomic E-state index is 14.0. The molecule has 3 saturated heterocycles. The lowest BCUT2D eigenvalue weighted by atomic mass is 9.92. The summed E-state index contributed by atoms with van der Waals surface area (Å²) in [4.78, 5) is 71.6. The zero-order chi connectivity index (χ0) is 40.2. The molecule has 302 valence electrons. The summed E-state index contributed by atoms with van der Waals surface area (Å²) in [5, 5.41) is 16.9. The number of methoxy groups -OCH3 is 1. The monoisotopic (exact) mass is 788 g/mol. The van der Waals surface area contributed by atoms with Crippen molar-refractivity contribution in [3.8, 4) is 23.1 Å². The average molecular weight is 789 g/mol. The lowest BCUT2D eigenvalue weighted by Crippen LogP contribution is -2.54. The van der Waals surface area contributed by atoms with Crippen LogP contribution in [0.4, 0.5) is 9.59 Å². The van der Waals surface area contributed by atoms with Crippen LogP contribution < -0.4 is 10.6 Å². The van der Waals surface area contributed by atoms with Gasteiger partial charge in [0, 0.05) is 48.1 Å². The van der Waals surface area contributed by atoms with Crippen LogP contribution in [0.2, 0.25) is 0 Å². The van der Waals surface area contributed by atoms with Crippen LogP contribution in [0.15, 0.2) is 48.8 Å². The van der Waals surface area contributed by atoms with Gasteiger partial charge in [-0.3, -0.25) is 9.59 Å². The molecule has 2 aliphatic carbocycles. The summed E-state index contributed by atoms with van der Waals surface area (Å²) < 4.78 is 10.4. The molecule has 0 bridgehead atoms. The minimum Gasteiger partial charge on any atom is -0.465 e. The summed E-state index contributed by atoms with van der Waals surface area (Å²) in [6, 6.07) is 10.4. The van der Waals surface area contributed by atoms with Crippen molar-refractivity contribution in [1.29, 1.82) is 0 Å². The van der Waals surface area contributed by atoms with Gasteiger partial charge in [0.1, 0.15) is 29.4 Å². The number of H-pyrrole nitrogens is 2. The third-order valence-electron chi connectivity index (χ3n) is 12.6. The first-order chi connectivity index (χ1) is 28.1. The van der Waals surface area contributed by atoms with Gasteiger partial charge in [-0.1, -0.05) is 38.0 Å². The number of alkyl carbamates (subject to hydrolysis) is 1. The maximum Gasteiger partial charge on any atom is 0.407 e. The predicted octanol–water partition coefficient (Wildman–Crippen LogP) is 5.12. The number of imidazole rings is 2. The van der Waals surface area contributed by atoms with Crippen LogP contribution in [0, 0.1) is 35.5 Å². The fourth-order valence-electron chi connectivity index (χ4n) is 9.44. The van der Waals surface area contributed by atoms with Crippen LogP contribution in [-0.2, 0) is 19.1 Å². The minimum atomic E-state index is -1.21. The summed E-state index contributed by atoms with van der Waals surface area (Å²) in [5.41, 5.74) is 3.11. The standard InChI is InChI=1S/C43H48N8O7/c1-22(2)36(49-43(56)57-3)40(52)50-32-15-28(32)17-34(50)38-44-19-30(46-38)11-7-23-6-8-25-14-26(10-9-24(25)13-23)31-20-45-39(47-31)35-18-29-16-33(29)51(35)41(53)37(48-42(54)55)27-5-4-12-58-21-27/h6,8-10,13-14,19-20,22,27-29,32-37,48H,4-5,12,15-18,21H2,1-3H3,(H,44,46)(H,45,47)(H,49,56)(H,54,55)/t27-,28-,29-,32-,33-,34+,35+,36+,37+/m1/s1. The third-order valence-corrected chi connectivity index (χ3v) is 12.6. The zero-order valence-corrected chi connectivity index (χ0v) is 32.7. The number of rotatable bonds is 9. The molecule has 9 rings (SSSR count). The highest BCUT2D eigenvalue weighted by molar-refractivity contribution is 5.89. The Morgan fingerprint density at radius 2 is 1.57 bits per heavy atom. The molecule has 0 radical (unpaired) electrons. The second kappa shape index (κ2) is 15.1.